The number of hydrogen-bond donors (Lipinski definition) is 2. The molecule has 0 bridgehead atoms. The standard InChI is InChI=1S/C23H25ClN2O5S/c1-30-12-11-25-22(29)21-17-7-2-3-8-18(17)32-23(21)26-19(27)14-31-20(28)10-9-15-5-4-6-16(24)13-15/h4-6,9-10,13H,2-3,7-8,11-12,14H2,1H3,(H,25,29)(H,26,27)/b10-9+. The van der Waals surface area contributed by atoms with E-state index in [1.807, 2.05) is 0 Å². The van der Waals surface area contributed by atoms with Crippen molar-refractivity contribution in [1.29, 1.82) is 0 Å². The molecule has 2 amide bonds. The minimum atomic E-state index is -0.650. The van der Waals surface area contributed by atoms with Gasteiger partial charge in [-0.05, 0) is 55.0 Å². The lowest BCUT2D eigenvalue weighted by atomic mass is 9.95. The van der Waals surface area contributed by atoms with Crippen LogP contribution in [0.1, 0.15) is 39.2 Å². The first-order chi connectivity index (χ1) is 15.5. The van der Waals surface area contributed by atoms with E-state index in [0.717, 1.165) is 41.7 Å². The molecule has 0 saturated heterocycles. The Balaban J connectivity index is 1.61. The molecule has 2 aromatic rings. The number of carbonyl (C=O) groups excluding carboxylic acids is 3. The van der Waals surface area contributed by atoms with E-state index in [1.165, 1.54) is 17.4 Å². The van der Waals surface area contributed by atoms with Gasteiger partial charge in [0.25, 0.3) is 11.8 Å². The normalized spacial score (nSPS) is 12.9. The molecule has 32 heavy (non-hydrogen) atoms. The van der Waals surface area contributed by atoms with Crippen LogP contribution in [0, 0.1) is 0 Å². The Morgan fingerprint density at radius 2 is 2.03 bits per heavy atom. The first-order valence-corrected chi connectivity index (χ1v) is 11.5. The third kappa shape index (κ3) is 6.66. The lowest BCUT2D eigenvalue weighted by Crippen LogP contribution is -2.29. The molecule has 0 aliphatic heterocycles. The van der Waals surface area contributed by atoms with Crippen molar-refractivity contribution in [1.82, 2.24) is 5.32 Å². The Morgan fingerprint density at radius 3 is 2.81 bits per heavy atom. The third-order valence-corrected chi connectivity index (χ3v) is 6.29. The highest BCUT2D eigenvalue weighted by Crippen LogP contribution is 2.38. The molecule has 0 spiro atoms. The van der Waals surface area contributed by atoms with Gasteiger partial charge in [0.1, 0.15) is 5.00 Å². The molecule has 0 fully saturated rings. The van der Waals surface area contributed by atoms with Gasteiger partial charge in [0, 0.05) is 29.6 Å². The molecule has 7 nitrogen and oxygen atoms in total. The maximum atomic E-state index is 12.7. The van der Waals surface area contributed by atoms with Crippen molar-refractivity contribution >= 4 is 51.8 Å². The van der Waals surface area contributed by atoms with Crippen LogP contribution < -0.4 is 10.6 Å². The topological polar surface area (TPSA) is 93.7 Å². The smallest absolute Gasteiger partial charge is 0.331 e. The molecule has 0 atom stereocenters. The fraction of sp³-hybridized carbons (Fsp3) is 0.348. The number of fused-ring (bicyclic) bond motifs is 1. The maximum Gasteiger partial charge on any atom is 0.331 e. The van der Waals surface area contributed by atoms with Crippen LogP contribution in [0.5, 0.6) is 0 Å². The summed E-state index contributed by atoms with van der Waals surface area (Å²) in [6.45, 7) is 0.328. The summed E-state index contributed by atoms with van der Waals surface area (Å²) in [4.78, 5) is 38.2. The summed E-state index contributed by atoms with van der Waals surface area (Å²) in [5.41, 5.74) is 2.24. The Hall–Kier alpha value is -2.68. The lowest BCUT2D eigenvalue weighted by molar-refractivity contribution is -0.142. The minimum Gasteiger partial charge on any atom is -0.452 e. The van der Waals surface area contributed by atoms with Gasteiger partial charge in [-0.15, -0.1) is 11.3 Å². The van der Waals surface area contributed by atoms with Crippen LogP contribution in [0.3, 0.4) is 0 Å². The molecule has 1 aliphatic rings. The number of benzene rings is 1. The first kappa shape index (κ1) is 24.0. The van der Waals surface area contributed by atoms with E-state index >= 15 is 0 Å². The van der Waals surface area contributed by atoms with Gasteiger partial charge in [0.15, 0.2) is 6.61 Å². The largest absolute Gasteiger partial charge is 0.452 e. The number of ether oxygens (including phenoxy) is 2. The van der Waals surface area contributed by atoms with Crippen molar-refractivity contribution in [3.63, 3.8) is 0 Å². The second kappa shape index (κ2) is 11.8. The van der Waals surface area contributed by atoms with Crippen LogP contribution in [-0.4, -0.2) is 44.7 Å². The minimum absolute atomic E-state index is 0.238. The van der Waals surface area contributed by atoms with Gasteiger partial charge in [0.05, 0.1) is 12.2 Å². The van der Waals surface area contributed by atoms with Crippen LogP contribution in [0.4, 0.5) is 5.00 Å². The van der Waals surface area contributed by atoms with Crippen molar-refractivity contribution in [2.45, 2.75) is 25.7 Å². The number of aryl methyl sites for hydroxylation is 1. The van der Waals surface area contributed by atoms with Gasteiger partial charge in [-0.2, -0.15) is 0 Å². The number of thiophene rings is 1. The second-order valence-electron chi connectivity index (χ2n) is 7.21. The van der Waals surface area contributed by atoms with Crippen molar-refractivity contribution in [3.8, 4) is 0 Å². The molecule has 1 aliphatic carbocycles. The summed E-state index contributed by atoms with van der Waals surface area (Å²) in [5.74, 6) is -1.39. The monoisotopic (exact) mass is 476 g/mol. The van der Waals surface area contributed by atoms with E-state index in [-0.39, 0.29) is 5.91 Å². The number of rotatable bonds is 9. The number of amides is 2. The Bertz CT molecular complexity index is 1020. The quantitative estimate of drug-likeness (QED) is 0.325. The highest BCUT2D eigenvalue weighted by molar-refractivity contribution is 7.17. The van der Waals surface area contributed by atoms with E-state index in [9.17, 15) is 14.4 Å². The molecule has 9 heteroatoms. The Morgan fingerprint density at radius 1 is 1.22 bits per heavy atom. The molecule has 1 aromatic heterocycles. The van der Waals surface area contributed by atoms with Gasteiger partial charge in [-0.1, -0.05) is 23.7 Å². The molecule has 0 saturated carbocycles. The molecule has 170 valence electrons. The number of carbonyl (C=O) groups is 3. The average Bonchev–Trinajstić information content (AvgIpc) is 3.14. The summed E-state index contributed by atoms with van der Waals surface area (Å²) in [6.07, 6.45) is 6.54. The first-order valence-electron chi connectivity index (χ1n) is 10.3. The van der Waals surface area contributed by atoms with Gasteiger partial charge < -0.3 is 20.1 Å². The fourth-order valence-corrected chi connectivity index (χ4v) is 4.87. The van der Waals surface area contributed by atoms with E-state index in [4.69, 9.17) is 21.1 Å². The number of methoxy groups -OCH3 is 1. The highest BCUT2D eigenvalue weighted by atomic mass is 35.5. The van der Waals surface area contributed by atoms with Crippen LogP contribution in [0.2, 0.25) is 5.02 Å². The number of halogens is 1. The highest BCUT2D eigenvalue weighted by Gasteiger charge is 2.26. The van der Waals surface area contributed by atoms with Crippen LogP contribution in [-0.2, 0) is 31.9 Å². The predicted molar refractivity (Wildman–Crippen MR) is 125 cm³/mol. The van der Waals surface area contributed by atoms with E-state index in [1.54, 1.807) is 37.5 Å². The van der Waals surface area contributed by atoms with Crippen LogP contribution >= 0.6 is 22.9 Å². The maximum absolute atomic E-state index is 12.7. The summed E-state index contributed by atoms with van der Waals surface area (Å²) >= 11 is 7.32. The fourth-order valence-electron chi connectivity index (χ4n) is 3.37. The van der Waals surface area contributed by atoms with E-state index in [0.29, 0.717) is 28.7 Å². The van der Waals surface area contributed by atoms with Crippen molar-refractivity contribution in [3.05, 3.63) is 56.9 Å². The zero-order valence-electron chi connectivity index (χ0n) is 17.7. The van der Waals surface area contributed by atoms with Gasteiger partial charge in [-0.25, -0.2) is 4.79 Å². The van der Waals surface area contributed by atoms with Crippen molar-refractivity contribution < 1.29 is 23.9 Å². The zero-order valence-corrected chi connectivity index (χ0v) is 19.3. The Kier molecular flexibility index (Phi) is 8.84. The molecule has 0 radical (unpaired) electrons. The van der Waals surface area contributed by atoms with E-state index < -0.39 is 18.5 Å². The molecule has 1 heterocycles. The summed E-state index contributed by atoms with van der Waals surface area (Å²) < 4.78 is 10.0. The lowest BCUT2D eigenvalue weighted by Gasteiger charge is -2.13. The van der Waals surface area contributed by atoms with Crippen molar-refractivity contribution in [2.24, 2.45) is 0 Å². The average molecular weight is 477 g/mol. The molecular weight excluding hydrogens is 452 g/mol. The van der Waals surface area contributed by atoms with Crippen molar-refractivity contribution in [2.75, 3.05) is 32.2 Å². The van der Waals surface area contributed by atoms with Gasteiger partial charge >= 0.3 is 5.97 Å². The summed E-state index contributed by atoms with van der Waals surface area (Å²) in [6, 6.07) is 7.00. The second-order valence-corrected chi connectivity index (χ2v) is 8.75. The van der Waals surface area contributed by atoms with Gasteiger partial charge in [-0.3, -0.25) is 9.59 Å². The number of anilines is 1. The molecular formula is C23H25ClN2O5S. The number of nitrogens with one attached hydrogen (secondary N) is 2. The molecule has 2 N–H and O–H groups in total. The zero-order chi connectivity index (χ0) is 22.9. The number of esters is 1. The molecule has 0 unspecified atom stereocenters. The third-order valence-electron chi connectivity index (χ3n) is 4.85. The van der Waals surface area contributed by atoms with E-state index in [2.05, 4.69) is 10.6 Å². The summed E-state index contributed by atoms with van der Waals surface area (Å²) in [5, 5.41) is 6.61. The predicted octanol–water partition coefficient (Wildman–Crippen LogP) is 3.85. The number of hydrogen-bond acceptors (Lipinski definition) is 6. The molecule has 1 aromatic carbocycles. The Labute approximate surface area is 195 Å². The SMILES string of the molecule is COCCNC(=O)c1c(NC(=O)COC(=O)/C=C/c2cccc(Cl)c2)sc2c1CCCC2. The van der Waals surface area contributed by atoms with Crippen LogP contribution in [0.25, 0.3) is 6.08 Å². The van der Waals surface area contributed by atoms with Gasteiger partial charge in [0.2, 0.25) is 0 Å². The summed E-state index contributed by atoms with van der Waals surface area (Å²) in [7, 11) is 1.57. The molecule has 3 rings (SSSR count). The van der Waals surface area contributed by atoms with Crippen LogP contribution in [0.15, 0.2) is 30.3 Å².